The highest BCUT2D eigenvalue weighted by atomic mass is 16.8. The number of ether oxygens (including phenoxy) is 15. The third-order valence-corrected chi connectivity index (χ3v) is 12.6. The maximum Gasteiger partial charge on any atom is 0.303 e. The van der Waals surface area contributed by atoms with E-state index in [1.54, 1.807) is 0 Å². The van der Waals surface area contributed by atoms with Crippen LogP contribution in [0.4, 0.5) is 0 Å². The van der Waals surface area contributed by atoms with Crippen LogP contribution in [-0.4, -0.2) is 184 Å². The van der Waals surface area contributed by atoms with Crippen molar-refractivity contribution in [3.05, 3.63) is 10.4 Å². The van der Waals surface area contributed by atoms with E-state index in [2.05, 4.69) is 15.3 Å². The molecule has 1 N–H and O–H groups in total. The molecule has 0 radical (unpaired) electrons. The molecule has 0 aromatic heterocycles. The molecule has 0 aliphatic carbocycles. The van der Waals surface area contributed by atoms with Crippen molar-refractivity contribution < 1.29 is 124 Å². The van der Waals surface area contributed by atoms with Gasteiger partial charge in [-0.25, -0.2) is 0 Å². The Labute approximate surface area is 480 Å². The van der Waals surface area contributed by atoms with E-state index in [0.29, 0.717) is 19.4 Å². The predicted molar refractivity (Wildman–Crippen MR) is 277 cm³/mol. The zero-order valence-corrected chi connectivity index (χ0v) is 48.6. The van der Waals surface area contributed by atoms with Crippen LogP contribution >= 0.6 is 0 Å². The highest BCUT2D eigenvalue weighted by Gasteiger charge is 2.60. The molecule has 3 heterocycles. The molecule has 83 heavy (non-hydrogen) atoms. The first kappa shape index (κ1) is 70.5. The van der Waals surface area contributed by atoms with Gasteiger partial charge in [0, 0.05) is 87.1 Å². The van der Waals surface area contributed by atoms with Crippen molar-refractivity contribution in [3.63, 3.8) is 0 Å². The number of azide groups is 1. The summed E-state index contributed by atoms with van der Waals surface area (Å²) in [7, 11) is 0. The van der Waals surface area contributed by atoms with Gasteiger partial charge in [-0.15, -0.1) is 0 Å². The zero-order valence-electron chi connectivity index (χ0n) is 48.6. The molecule has 15 atom stereocenters. The van der Waals surface area contributed by atoms with Crippen LogP contribution in [-0.2, 0) is 124 Å². The SMILES string of the molecule is CC(=O)OC[C@H]1O[C@@H](NC(=O)CCCCCCCCCCCCCCN=[N+]=[N-])[C@H](OC(C)=O)[C@@H](OC(C)=O)[C@@H]1O[C@@H]1O[C@H](COC(C)=O)[C@@H](O[C@@H]2O[C@H](COC(C)=O)[C@@H](OC(C)=O)[C@H](OC(C)=O)[C@H]2OC(C)=O)[C@H](OC(C)=O)[C@H]1OC(C)=O. The van der Waals surface area contributed by atoms with Crippen LogP contribution in [0.25, 0.3) is 10.4 Å². The minimum Gasteiger partial charge on any atom is -0.463 e. The molecule has 0 aromatic rings. The Balaban J connectivity index is 2.05. The van der Waals surface area contributed by atoms with Crippen molar-refractivity contribution in [2.75, 3.05) is 26.4 Å². The summed E-state index contributed by atoms with van der Waals surface area (Å²) < 4.78 is 87.2. The largest absolute Gasteiger partial charge is 0.463 e. The van der Waals surface area contributed by atoms with Crippen molar-refractivity contribution in [3.8, 4) is 0 Å². The molecular formula is C53H80N4O26. The summed E-state index contributed by atoms with van der Waals surface area (Å²) in [5, 5.41) is 6.23. The minimum absolute atomic E-state index is 0.00112. The summed E-state index contributed by atoms with van der Waals surface area (Å²) >= 11 is 0. The van der Waals surface area contributed by atoms with Gasteiger partial charge in [0.15, 0.2) is 61.5 Å². The van der Waals surface area contributed by atoms with Crippen molar-refractivity contribution >= 4 is 65.6 Å². The zero-order chi connectivity index (χ0) is 61.8. The van der Waals surface area contributed by atoms with Gasteiger partial charge in [-0.2, -0.15) is 0 Å². The van der Waals surface area contributed by atoms with E-state index in [1.807, 2.05) is 0 Å². The Hall–Kier alpha value is -6.72. The van der Waals surface area contributed by atoms with Crippen molar-refractivity contribution in [2.24, 2.45) is 5.11 Å². The lowest BCUT2D eigenvalue weighted by molar-refractivity contribution is -0.374. The third kappa shape index (κ3) is 25.8. The van der Waals surface area contributed by atoms with E-state index in [4.69, 9.17) is 76.6 Å². The van der Waals surface area contributed by atoms with Crippen molar-refractivity contribution in [1.29, 1.82) is 0 Å². The average Bonchev–Trinajstić information content (AvgIpc) is 1.81. The molecule has 0 saturated carbocycles. The second-order valence-electron chi connectivity index (χ2n) is 19.8. The second kappa shape index (κ2) is 36.8. The molecule has 3 fully saturated rings. The van der Waals surface area contributed by atoms with Gasteiger partial charge in [0.25, 0.3) is 0 Å². The third-order valence-electron chi connectivity index (χ3n) is 12.6. The molecule has 3 aliphatic heterocycles. The van der Waals surface area contributed by atoms with Gasteiger partial charge in [-0.05, 0) is 18.4 Å². The maximum absolute atomic E-state index is 13.6. The number of nitrogens with zero attached hydrogens (tertiary/aromatic N) is 3. The van der Waals surface area contributed by atoms with Gasteiger partial charge < -0.3 is 76.4 Å². The van der Waals surface area contributed by atoms with Gasteiger partial charge in [-0.3, -0.25) is 52.7 Å². The summed E-state index contributed by atoms with van der Waals surface area (Å²) in [5.74, 6) is -10.1. The van der Waals surface area contributed by atoms with E-state index in [1.165, 1.54) is 0 Å². The van der Waals surface area contributed by atoms with Crippen molar-refractivity contribution in [1.82, 2.24) is 5.32 Å². The highest BCUT2D eigenvalue weighted by molar-refractivity contribution is 5.76. The number of carbonyl (C=O) groups excluding carboxylic acids is 11. The summed E-state index contributed by atoms with van der Waals surface area (Å²) in [4.78, 5) is 143. The summed E-state index contributed by atoms with van der Waals surface area (Å²) in [6.45, 7) is 8.34. The lowest BCUT2D eigenvalue weighted by Gasteiger charge is -2.50. The fourth-order valence-electron chi connectivity index (χ4n) is 9.42. The van der Waals surface area contributed by atoms with Crippen LogP contribution in [0.5, 0.6) is 0 Å². The Morgan fingerprint density at radius 3 is 1.05 bits per heavy atom. The molecule has 3 aliphatic rings. The Morgan fingerprint density at radius 2 is 0.675 bits per heavy atom. The van der Waals surface area contributed by atoms with Crippen LogP contribution in [0.3, 0.4) is 0 Å². The summed E-state index contributed by atoms with van der Waals surface area (Å²) in [5.41, 5.74) is 8.39. The van der Waals surface area contributed by atoms with Crippen LogP contribution in [0.2, 0.25) is 0 Å². The Morgan fingerprint density at radius 1 is 0.373 bits per heavy atom. The number of esters is 10. The molecule has 30 heteroatoms. The quantitative estimate of drug-likeness (QED) is 0.0245. The number of amides is 1. The van der Waals surface area contributed by atoms with Gasteiger partial charge in [0.2, 0.25) is 5.91 Å². The van der Waals surface area contributed by atoms with E-state index < -0.39 is 177 Å². The monoisotopic (exact) mass is 1190 g/mol. The smallest absolute Gasteiger partial charge is 0.303 e. The maximum atomic E-state index is 13.6. The number of nitrogens with one attached hydrogen (secondary N) is 1. The molecule has 0 bridgehead atoms. The molecule has 0 aromatic carbocycles. The standard InChI is InChI=1S/C53H80N4O26/c1-28(58)69-25-38-43(45(73-32(5)62)48(76-35(8)65)51(79-38)56-41(68)23-21-19-17-15-13-11-12-14-16-18-20-22-24-55-57-54)82-53-50(78-37(10)67)47(75-34(7)64)44(40(81-53)27-71-30(3)60)83-52-49(77-36(9)66)46(74-33(6)63)42(72-31(4)61)39(80-52)26-70-29(2)59/h38-40,42-53H,11-27H2,1-10H3,(H,56,68)/t38-,39-,40-,42-,43-,44-,45+,46+,47+,48-,49-,50-,51-,52+,53+/m1/s1. The number of hydrogen-bond acceptors (Lipinski definition) is 27. The lowest BCUT2D eigenvalue weighted by Crippen LogP contribution is -2.69. The highest BCUT2D eigenvalue weighted by Crippen LogP contribution is 2.38. The predicted octanol–water partition coefficient (Wildman–Crippen LogP) is 3.64. The molecule has 0 unspecified atom stereocenters. The van der Waals surface area contributed by atoms with E-state index in [-0.39, 0.29) is 6.42 Å². The molecule has 0 spiro atoms. The average molecular weight is 1190 g/mol. The molecule has 1 amide bonds. The lowest BCUT2D eigenvalue weighted by atomic mass is 9.94. The minimum atomic E-state index is -2.05. The fraction of sp³-hybridized carbons (Fsp3) is 0.792. The van der Waals surface area contributed by atoms with Crippen LogP contribution < -0.4 is 5.32 Å². The first-order chi connectivity index (χ1) is 39.3. The first-order valence-electron chi connectivity index (χ1n) is 27.5. The van der Waals surface area contributed by atoms with Gasteiger partial charge >= 0.3 is 59.7 Å². The van der Waals surface area contributed by atoms with Crippen LogP contribution in [0.1, 0.15) is 153 Å². The van der Waals surface area contributed by atoms with Gasteiger partial charge in [0.05, 0.1) is 0 Å². The molecule has 468 valence electrons. The number of carbonyl (C=O) groups is 11. The van der Waals surface area contributed by atoms with E-state index >= 15 is 0 Å². The summed E-state index contributed by atoms with van der Waals surface area (Å²) in [6, 6.07) is 0. The molecule has 3 rings (SSSR count). The van der Waals surface area contributed by atoms with Crippen molar-refractivity contribution in [2.45, 2.75) is 245 Å². The van der Waals surface area contributed by atoms with Gasteiger partial charge in [0.1, 0.15) is 50.3 Å². The number of hydrogen-bond donors (Lipinski definition) is 1. The Kier molecular flexibility index (Phi) is 31.3. The Bertz CT molecular complexity index is 2240. The second-order valence-corrected chi connectivity index (χ2v) is 19.8. The van der Waals surface area contributed by atoms with Crippen LogP contribution in [0, 0.1) is 0 Å². The van der Waals surface area contributed by atoms with Crippen LogP contribution in [0.15, 0.2) is 5.11 Å². The molecule has 3 saturated heterocycles. The number of unbranched alkanes of at least 4 members (excludes halogenated alkanes) is 11. The molecule has 30 nitrogen and oxygen atoms in total. The fourth-order valence-corrected chi connectivity index (χ4v) is 9.42. The van der Waals surface area contributed by atoms with Gasteiger partial charge in [-0.1, -0.05) is 69.3 Å². The normalized spacial score (nSPS) is 27.4. The van der Waals surface area contributed by atoms with E-state index in [0.717, 1.165) is 133 Å². The van der Waals surface area contributed by atoms with E-state index in [9.17, 15) is 52.7 Å². The summed E-state index contributed by atoms with van der Waals surface area (Å²) in [6.07, 6.45) is -15.5. The number of rotatable bonds is 33. The molecular weight excluding hydrogens is 1110 g/mol. The topological polar surface area (TPSA) is 387 Å². The first-order valence-corrected chi connectivity index (χ1v) is 27.5.